The third-order valence-corrected chi connectivity index (χ3v) is 3.25. The summed E-state index contributed by atoms with van der Waals surface area (Å²) in [7, 11) is 0. The molecule has 0 amide bonds. The van der Waals surface area contributed by atoms with E-state index in [-0.39, 0.29) is 0 Å². The minimum Gasteiger partial charge on any atom is -0.367 e. The van der Waals surface area contributed by atoms with Crippen LogP contribution in [0.3, 0.4) is 0 Å². The van der Waals surface area contributed by atoms with Crippen LogP contribution in [-0.4, -0.2) is 29.3 Å². The predicted octanol–water partition coefficient (Wildman–Crippen LogP) is 2.30. The van der Waals surface area contributed by atoms with Crippen LogP contribution in [0.1, 0.15) is 25.5 Å². The van der Waals surface area contributed by atoms with Gasteiger partial charge in [0.2, 0.25) is 0 Å². The highest BCUT2D eigenvalue weighted by Gasteiger charge is 2.32. The molecule has 2 atom stereocenters. The topological polar surface area (TPSA) is 49.8 Å². The number of hydrogen-bond donors (Lipinski definition) is 2. The molecule has 1 saturated heterocycles. The Morgan fingerprint density at radius 2 is 2.11 bits per heavy atom. The third-order valence-electron chi connectivity index (χ3n) is 3.25. The summed E-state index contributed by atoms with van der Waals surface area (Å²) in [4.78, 5) is 0. The number of aromatic nitrogens is 2. The van der Waals surface area contributed by atoms with Crippen LogP contribution in [0.5, 0.6) is 0 Å². The summed E-state index contributed by atoms with van der Waals surface area (Å²) in [6.07, 6.45) is -2.22. The summed E-state index contributed by atoms with van der Waals surface area (Å²) in [6.45, 7) is 3.82. The average Bonchev–Trinajstić information content (AvgIpc) is 2.37. The first kappa shape index (κ1) is 14.0. The Kier molecular flexibility index (Phi) is 4.24. The summed E-state index contributed by atoms with van der Waals surface area (Å²) >= 11 is 0. The first-order valence-corrected chi connectivity index (χ1v) is 6.33. The number of halogens is 3. The molecule has 106 valence electrons. The summed E-state index contributed by atoms with van der Waals surface area (Å²) in [5.74, 6) is 1.05. The molecule has 1 aromatic rings. The second kappa shape index (κ2) is 5.73. The lowest BCUT2D eigenvalue weighted by atomic mass is 9.96. The van der Waals surface area contributed by atoms with Crippen molar-refractivity contribution in [3.05, 3.63) is 17.8 Å². The van der Waals surface area contributed by atoms with Gasteiger partial charge in [0.1, 0.15) is 5.82 Å². The summed E-state index contributed by atoms with van der Waals surface area (Å²) in [5.41, 5.74) is -0.970. The smallest absolute Gasteiger partial charge is 0.367 e. The van der Waals surface area contributed by atoms with Crippen molar-refractivity contribution in [2.45, 2.75) is 32.0 Å². The van der Waals surface area contributed by atoms with E-state index in [1.165, 1.54) is 6.07 Å². The minimum atomic E-state index is -4.44. The maximum atomic E-state index is 12.3. The zero-order valence-electron chi connectivity index (χ0n) is 10.7. The van der Waals surface area contributed by atoms with E-state index in [0.717, 1.165) is 25.5 Å². The Bertz CT molecular complexity index is 396. The number of alkyl halides is 3. The van der Waals surface area contributed by atoms with Crippen molar-refractivity contribution in [1.29, 1.82) is 0 Å². The summed E-state index contributed by atoms with van der Waals surface area (Å²) < 4.78 is 36.9. The fourth-order valence-corrected chi connectivity index (χ4v) is 2.04. The van der Waals surface area contributed by atoms with Crippen molar-refractivity contribution >= 4 is 5.82 Å². The third kappa shape index (κ3) is 4.05. The van der Waals surface area contributed by atoms with Crippen LogP contribution >= 0.6 is 0 Å². The van der Waals surface area contributed by atoms with Gasteiger partial charge in [-0.2, -0.15) is 13.2 Å². The fourth-order valence-electron chi connectivity index (χ4n) is 2.04. The Balaban J connectivity index is 1.83. The highest BCUT2D eigenvalue weighted by Crippen LogP contribution is 2.27. The number of anilines is 1. The van der Waals surface area contributed by atoms with Gasteiger partial charge in [-0.1, -0.05) is 6.92 Å². The average molecular weight is 274 g/mol. The molecule has 1 aromatic heterocycles. The molecule has 1 aliphatic heterocycles. The Morgan fingerprint density at radius 3 is 2.63 bits per heavy atom. The minimum absolute atomic E-state index is 0.334. The van der Waals surface area contributed by atoms with Gasteiger partial charge >= 0.3 is 6.18 Å². The van der Waals surface area contributed by atoms with Crippen molar-refractivity contribution in [3.8, 4) is 0 Å². The van der Waals surface area contributed by atoms with E-state index in [0.29, 0.717) is 24.3 Å². The van der Waals surface area contributed by atoms with Crippen LogP contribution in [0.15, 0.2) is 12.1 Å². The number of nitrogens with one attached hydrogen (secondary N) is 2. The second-order valence-corrected chi connectivity index (χ2v) is 4.97. The largest absolute Gasteiger partial charge is 0.435 e. The fraction of sp³-hybridized carbons (Fsp3) is 0.667. The van der Waals surface area contributed by atoms with E-state index >= 15 is 0 Å². The molecule has 0 aliphatic carbocycles. The molecule has 4 nitrogen and oxygen atoms in total. The summed E-state index contributed by atoms with van der Waals surface area (Å²) in [5, 5.41) is 13.1. The van der Waals surface area contributed by atoms with E-state index in [4.69, 9.17) is 0 Å². The molecule has 0 aromatic carbocycles. The van der Waals surface area contributed by atoms with Gasteiger partial charge in [-0.15, -0.1) is 10.2 Å². The van der Waals surface area contributed by atoms with Crippen LogP contribution in [0.4, 0.5) is 19.0 Å². The lowest BCUT2D eigenvalue weighted by Gasteiger charge is -2.27. The molecule has 2 N–H and O–H groups in total. The van der Waals surface area contributed by atoms with Gasteiger partial charge in [-0.05, 0) is 37.4 Å². The van der Waals surface area contributed by atoms with Gasteiger partial charge in [0, 0.05) is 12.6 Å². The Morgan fingerprint density at radius 1 is 1.32 bits per heavy atom. The van der Waals surface area contributed by atoms with Crippen LogP contribution in [-0.2, 0) is 6.18 Å². The van der Waals surface area contributed by atoms with E-state index in [2.05, 4.69) is 27.8 Å². The lowest BCUT2D eigenvalue weighted by Crippen LogP contribution is -2.42. The molecule has 19 heavy (non-hydrogen) atoms. The quantitative estimate of drug-likeness (QED) is 0.888. The molecule has 2 rings (SSSR count). The first-order valence-electron chi connectivity index (χ1n) is 6.33. The van der Waals surface area contributed by atoms with E-state index in [9.17, 15) is 13.2 Å². The van der Waals surface area contributed by atoms with Gasteiger partial charge in [0.25, 0.3) is 0 Å². The van der Waals surface area contributed by atoms with Gasteiger partial charge in [-0.25, -0.2) is 0 Å². The zero-order chi connectivity index (χ0) is 13.9. The molecular weight excluding hydrogens is 257 g/mol. The molecule has 0 unspecified atom stereocenters. The molecule has 1 fully saturated rings. The van der Waals surface area contributed by atoms with Gasteiger partial charge < -0.3 is 10.6 Å². The molecule has 0 bridgehead atoms. The molecule has 0 saturated carbocycles. The van der Waals surface area contributed by atoms with Crippen LogP contribution in [0.2, 0.25) is 0 Å². The Labute approximate surface area is 109 Å². The Hall–Kier alpha value is -1.37. The molecule has 2 heterocycles. The first-order chi connectivity index (χ1) is 8.95. The van der Waals surface area contributed by atoms with E-state index in [1.54, 1.807) is 0 Å². The van der Waals surface area contributed by atoms with Crippen molar-refractivity contribution in [2.24, 2.45) is 5.92 Å². The lowest BCUT2D eigenvalue weighted by molar-refractivity contribution is -0.141. The predicted molar refractivity (Wildman–Crippen MR) is 65.7 cm³/mol. The van der Waals surface area contributed by atoms with Crippen LogP contribution in [0.25, 0.3) is 0 Å². The highest BCUT2D eigenvalue weighted by molar-refractivity contribution is 5.33. The maximum Gasteiger partial charge on any atom is 0.435 e. The van der Waals surface area contributed by atoms with E-state index < -0.39 is 11.9 Å². The van der Waals surface area contributed by atoms with Crippen molar-refractivity contribution < 1.29 is 13.2 Å². The molecule has 1 aliphatic rings. The summed E-state index contributed by atoms with van der Waals surface area (Å²) in [6, 6.07) is 2.58. The standard InChI is InChI=1S/C12H17F3N4/c1-8-2-3-9(16-6-8)7-17-11-5-4-10(18-19-11)12(13,14)15/h4-5,8-9,16H,2-3,6-7H2,1H3,(H,17,19)/t8-,9-/m0/s1. The zero-order valence-corrected chi connectivity index (χ0v) is 10.7. The molecule has 7 heteroatoms. The van der Waals surface area contributed by atoms with Crippen molar-refractivity contribution in [1.82, 2.24) is 15.5 Å². The number of piperidine rings is 1. The van der Waals surface area contributed by atoms with E-state index in [1.807, 2.05) is 0 Å². The molecule has 0 spiro atoms. The second-order valence-electron chi connectivity index (χ2n) is 4.97. The van der Waals surface area contributed by atoms with Crippen molar-refractivity contribution in [2.75, 3.05) is 18.4 Å². The van der Waals surface area contributed by atoms with Gasteiger partial charge in [0.15, 0.2) is 5.69 Å². The number of hydrogen-bond acceptors (Lipinski definition) is 4. The van der Waals surface area contributed by atoms with Gasteiger partial charge in [-0.3, -0.25) is 0 Å². The normalized spacial score (nSPS) is 24.2. The monoisotopic (exact) mass is 274 g/mol. The SMILES string of the molecule is C[C@H]1CC[C@@H](CNc2ccc(C(F)(F)F)nn2)NC1. The highest BCUT2D eigenvalue weighted by atomic mass is 19.4. The molecule has 0 radical (unpaired) electrons. The van der Waals surface area contributed by atoms with Crippen molar-refractivity contribution in [3.63, 3.8) is 0 Å². The van der Waals surface area contributed by atoms with Gasteiger partial charge in [0.05, 0.1) is 0 Å². The molecular formula is C12H17F3N4. The number of nitrogens with zero attached hydrogens (tertiary/aromatic N) is 2. The van der Waals surface area contributed by atoms with Crippen LogP contribution < -0.4 is 10.6 Å². The number of rotatable bonds is 3. The maximum absolute atomic E-state index is 12.3. The van der Waals surface area contributed by atoms with Crippen LogP contribution in [0, 0.1) is 5.92 Å².